The largest absolute Gasteiger partial charge is 0.471 e. The molecule has 0 bridgehead atoms. The first-order chi connectivity index (χ1) is 9.86. The van der Waals surface area contributed by atoms with Gasteiger partial charge in [-0.3, -0.25) is 4.79 Å². The minimum absolute atomic E-state index is 0.0944. The summed E-state index contributed by atoms with van der Waals surface area (Å²) in [6.45, 7) is 2.18. The highest BCUT2D eigenvalue weighted by Crippen LogP contribution is 2.28. The molecule has 1 aliphatic heterocycles. The summed E-state index contributed by atoms with van der Waals surface area (Å²) >= 11 is 0. The number of nitrogens with one attached hydrogen (secondary N) is 1. The standard InChI is InChI=1S/C15H15F3N2O/c1-9-2-3-12-11(8-9)10-4-6-20(7-5-13(10)19-12)14(21)15(16,17)18/h2-3,8,19H,4-7H2,1H3. The van der Waals surface area contributed by atoms with E-state index in [-0.39, 0.29) is 13.1 Å². The van der Waals surface area contributed by atoms with E-state index in [9.17, 15) is 18.0 Å². The van der Waals surface area contributed by atoms with Gasteiger partial charge < -0.3 is 9.88 Å². The molecule has 1 aliphatic rings. The van der Waals surface area contributed by atoms with Gasteiger partial charge in [-0.1, -0.05) is 11.6 Å². The number of aryl methyl sites for hydroxylation is 1. The quantitative estimate of drug-likeness (QED) is 0.797. The van der Waals surface area contributed by atoms with Crippen LogP contribution < -0.4 is 0 Å². The number of H-pyrrole nitrogens is 1. The van der Waals surface area contributed by atoms with Crippen LogP contribution >= 0.6 is 0 Å². The van der Waals surface area contributed by atoms with Crippen molar-refractivity contribution in [3.8, 4) is 0 Å². The molecule has 1 aromatic carbocycles. The number of hydrogen-bond donors (Lipinski definition) is 1. The molecule has 3 rings (SSSR count). The predicted octanol–water partition coefficient (Wildman–Crippen LogP) is 2.97. The number of aromatic amines is 1. The monoisotopic (exact) mass is 296 g/mol. The number of aromatic nitrogens is 1. The summed E-state index contributed by atoms with van der Waals surface area (Å²) in [7, 11) is 0. The van der Waals surface area contributed by atoms with Crippen molar-refractivity contribution in [3.05, 3.63) is 35.0 Å². The number of amides is 1. The lowest BCUT2D eigenvalue weighted by Gasteiger charge is -2.21. The van der Waals surface area contributed by atoms with Crippen molar-refractivity contribution in [2.75, 3.05) is 13.1 Å². The minimum atomic E-state index is -4.79. The van der Waals surface area contributed by atoms with Gasteiger partial charge in [-0.05, 0) is 31.0 Å². The molecule has 2 aromatic rings. The number of rotatable bonds is 0. The summed E-state index contributed by atoms with van der Waals surface area (Å²) < 4.78 is 37.6. The summed E-state index contributed by atoms with van der Waals surface area (Å²) in [6.07, 6.45) is -3.93. The van der Waals surface area contributed by atoms with Crippen LogP contribution in [0.2, 0.25) is 0 Å². The molecule has 0 aliphatic carbocycles. The Bertz CT molecular complexity index is 703. The van der Waals surface area contributed by atoms with Crippen molar-refractivity contribution in [3.63, 3.8) is 0 Å². The van der Waals surface area contributed by atoms with Crippen LogP contribution in [0.3, 0.4) is 0 Å². The molecule has 3 nitrogen and oxygen atoms in total. The third-order valence-electron chi connectivity index (χ3n) is 3.94. The van der Waals surface area contributed by atoms with E-state index in [1.165, 1.54) is 0 Å². The van der Waals surface area contributed by atoms with Gasteiger partial charge in [0.05, 0.1) is 0 Å². The molecule has 0 radical (unpaired) electrons. The first kappa shape index (κ1) is 14.0. The molecule has 2 heterocycles. The molecule has 1 aromatic heterocycles. The zero-order valence-corrected chi connectivity index (χ0v) is 11.5. The molecule has 0 unspecified atom stereocenters. The molecular formula is C15H15F3N2O. The lowest BCUT2D eigenvalue weighted by atomic mass is 10.1. The molecule has 0 saturated carbocycles. The van der Waals surface area contributed by atoms with E-state index >= 15 is 0 Å². The van der Waals surface area contributed by atoms with Crippen LogP contribution in [-0.2, 0) is 17.6 Å². The first-order valence-corrected chi connectivity index (χ1v) is 6.82. The van der Waals surface area contributed by atoms with Gasteiger partial charge in [-0.25, -0.2) is 0 Å². The number of fused-ring (bicyclic) bond motifs is 3. The maximum Gasteiger partial charge on any atom is 0.471 e. The number of carbonyl (C=O) groups is 1. The fourth-order valence-corrected chi connectivity index (χ4v) is 2.90. The topological polar surface area (TPSA) is 36.1 Å². The molecule has 1 amide bonds. The minimum Gasteiger partial charge on any atom is -0.358 e. The zero-order chi connectivity index (χ0) is 15.2. The van der Waals surface area contributed by atoms with E-state index in [2.05, 4.69) is 4.98 Å². The van der Waals surface area contributed by atoms with Gasteiger partial charge in [0, 0.05) is 36.1 Å². The Morgan fingerprint density at radius 2 is 1.95 bits per heavy atom. The molecular weight excluding hydrogens is 281 g/mol. The van der Waals surface area contributed by atoms with Crippen LogP contribution in [-0.4, -0.2) is 35.1 Å². The van der Waals surface area contributed by atoms with Gasteiger partial charge in [0.15, 0.2) is 0 Å². The Morgan fingerprint density at radius 3 is 2.67 bits per heavy atom. The summed E-state index contributed by atoms with van der Waals surface area (Å²) in [6, 6.07) is 6.02. The number of carbonyl (C=O) groups excluding carboxylic acids is 1. The van der Waals surface area contributed by atoms with Crippen molar-refractivity contribution in [2.45, 2.75) is 25.9 Å². The van der Waals surface area contributed by atoms with Crippen molar-refractivity contribution >= 4 is 16.8 Å². The summed E-state index contributed by atoms with van der Waals surface area (Å²) in [5, 5.41) is 1.05. The Labute approximate surface area is 119 Å². The van der Waals surface area contributed by atoms with E-state index in [1.54, 1.807) is 0 Å². The van der Waals surface area contributed by atoms with E-state index in [0.717, 1.165) is 32.6 Å². The smallest absolute Gasteiger partial charge is 0.358 e. The van der Waals surface area contributed by atoms with Gasteiger partial charge in [0.25, 0.3) is 0 Å². The number of hydrogen-bond acceptors (Lipinski definition) is 1. The third-order valence-corrected chi connectivity index (χ3v) is 3.94. The second kappa shape index (κ2) is 4.79. The average Bonchev–Trinajstić information content (AvgIpc) is 2.62. The fourth-order valence-electron chi connectivity index (χ4n) is 2.90. The van der Waals surface area contributed by atoms with Gasteiger partial charge >= 0.3 is 12.1 Å². The van der Waals surface area contributed by atoms with Crippen LogP contribution in [0.25, 0.3) is 10.9 Å². The third kappa shape index (κ3) is 2.50. The summed E-state index contributed by atoms with van der Waals surface area (Å²) in [5.74, 6) is -1.74. The SMILES string of the molecule is Cc1ccc2[nH]c3c(c2c1)CCN(C(=O)C(F)(F)F)CC3. The van der Waals surface area contributed by atoms with Gasteiger partial charge in [-0.2, -0.15) is 13.2 Å². The molecule has 0 spiro atoms. The highest BCUT2D eigenvalue weighted by atomic mass is 19.4. The van der Waals surface area contributed by atoms with Gasteiger partial charge in [0.1, 0.15) is 0 Å². The van der Waals surface area contributed by atoms with Crippen LogP contribution in [0.5, 0.6) is 0 Å². The second-order valence-corrected chi connectivity index (χ2v) is 5.42. The highest BCUT2D eigenvalue weighted by Gasteiger charge is 2.42. The maximum absolute atomic E-state index is 12.5. The van der Waals surface area contributed by atoms with Crippen molar-refractivity contribution in [1.29, 1.82) is 0 Å². The Morgan fingerprint density at radius 1 is 1.24 bits per heavy atom. The van der Waals surface area contributed by atoms with Crippen molar-refractivity contribution in [2.24, 2.45) is 0 Å². The Hall–Kier alpha value is -1.98. The second-order valence-electron chi connectivity index (χ2n) is 5.42. The predicted molar refractivity (Wildman–Crippen MR) is 73.1 cm³/mol. The molecule has 0 saturated heterocycles. The van der Waals surface area contributed by atoms with Crippen LogP contribution in [0.4, 0.5) is 13.2 Å². The molecule has 21 heavy (non-hydrogen) atoms. The Balaban J connectivity index is 1.90. The molecule has 6 heteroatoms. The first-order valence-electron chi connectivity index (χ1n) is 6.82. The number of alkyl halides is 3. The highest BCUT2D eigenvalue weighted by molar-refractivity contribution is 5.86. The van der Waals surface area contributed by atoms with E-state index < -0.39 is 12.1 Å². The number of halogens is 3. The normalized spacial score (nSPS) is 15.9. The van der Waals surface area contributed by atoms with E-state index in [0.29, 0.717) is 12.8 Å². The van der Waals surface area contributed by atoms with Crippen molar-refractivity contribution < 1.29 is 18.0 Å². The molecule has 0 fully saturated rings. The van der Waals surface area contributed by atoms with Crippen LogP contribution in [0, 0.1) is 6.92 Å². The lowest BCUT2D eigenvalue weighted by Crippen LogP contribution is -2.42. The van der Waals surface area contributed by atoms with Gasteiger partial charge in [0.2, 0.25) is 0 Å². The number of benzene rings is 1. The maximum atomic E-state index is 12.5. The summed E-state index contributed by atoms with van der Waals surface area (Å²) in [5.41, 5.74) is 4.08. The van der Waals surface area contributed by atoms with Crippen molar-refractivity contribution in [1.82, 2.24) is 9.88 Å². The molecule has 0 atom stereocenters. The molecule has 112 valence electrons. The summed E-state index contributed by atoms with van der Waals surface area (Å²) in [4.78, 5) is 15.5. The van der Waals surface area contributed by atoms with E-state index in [4.69, 9.17) is 0 Å². The van der Waals surface area contributed by atoms with Crippen LogP contribution in [0.1, 0.15) is 16.8 Å². The van der Waals surface area contributed by atoms with Gasteiger partial charge in [-0.15, -0.1) is 0 Å². The zero-order valence-electron chi connectivity index (χ0n) is 11.5. The van der Waals surface area contributed by atoms with Crippen LogP contribution in [0.15, 0.2) is 18.2 Å². The van der Waals surface area contributed by atoms with E-state index in [1.807, 2.05) is 25.1 Å². The Kier molecular flexibility index (Phi) is 3.19. The molecule has 1 N–H and O–H groups in total. The lowest BCUT2D eigenvalue weighted by molar-refractivity contribution is -0.185. The average molecular weight is 296 g/mol. The number of nitrogens with zero attached hydrogens (tertiary/aromatic N) is 1. The fraction of sp³-hybridized carbons (Fsp3) is 0.400.